The zero-order valence-electron chi connectivity index (χ0n) is 11.8. The minimum Gasteiger partial charge on any atom is -0.495 e. The normalized spacial score (nSPS) is 11.9. The highest BCUT2D eigenvalue weighted by atomic mass is 16.5. The van der Waals surface area contributed by atoms with E-state index in [-0.39, 0.29) is 6.04 Å². The highest BCUT2D eigenvalue weighted by molar-refractivity contribution is 5.45. The number of benzene rings is 1. The monoisotopic (exact) mass is 269 g/mol. The minimum atomic E-state index is 0.0896. The number of aromatic nitrogens is 1. The molecule has 104 valence electrons. The molecule has 4 nitrogen and oxygen atoms in total. The number of methoxy groups -OCH3 is 1. The molecule has 0 aliphatic carbocycles. The molecule has 0 aliphatic rings. The Balaban J connectivity index is 2.18. The number of nitriles is 1. The molecule has 0 bridgehead atoms. The van der Waals surface area contributed by atoms with Gasteiger partial charge in [-0.3, -0.25) is 0 Å². The van der Waals surface area contributed by atoms with Gasteiger partial charge >= 0.3 is 0 Å². The summed E-state index contributed by atoms with van der Waals surface area (Å²) in [5.74, 6) is 0.614. The molecular formula is C16H19N3O. The molecule has 1 aromatic heterocycles. The van der Waals surface area contributed by atoms with Gasteiger partial charge in [-0.05, 0) is 35.7 Å². The Kier molecular flexibility index (Phi) is 4.44. The van der Waals surface area contributed by atoms with E-state index in [0.29, 0.717) is 11.3 Å². The maximum Gasteiger partial charge on any atom is 0.136 e. The fourth-order valence-corrected chi connectivity index (χ4v) is 2.15. The average Bonchev–Trinajstić information content (AvgIpc) is 2.94. The molecule has 0 amide bonds. The van der Waals surface area contributed by atoms with Crippen LogP contribution in [0.5, 0.6) is 5.75 Å². The molecule has 0 fully saturated rings. The van der Waals surface area contributed by atoms with Gasteiger partial charge in [-0.1, -0.05) is 13.0 Å². The third-order valence-corrected chi connectivity index (χ3v) is 3.39. The lowest BCUT2D eigenvalue weighted by Crippen LogP contribution is -2.07. The van der Waals surface area contributed by atoms with Crippen molar-refractivity contribution in [2.24, 2.45) is 5.73 Å². The number of ether oxygens (including phenoxy) is 1. The number of hydrogen-bond acceptors (Lipinski definition) is 3. The zero-order chi connectivity index (χ0) is 14.5. The van der Waals surface area contributed by atoms with Crippen molar-refractivity contribution in [1.29, 1.82) is 5.26 Å². The molecule has 0 spiro atoms. The lowest BCUT2D eigenvalue weighted by molar-refractivity contribution is 0.413. The second kappa shape index (κ2) is 6.27. The molecule has 20 heavy (non-hydrogen) atoms. The van der Waals surface area contributed by atoms with Gasteiger partial charge in [-0.25, -0.2) is 0 Å². The third-order valence-electron chi connectivity index (χ3n) is 3.39. The van der Waals surface area contributed by atoms with Crippen molar-refractivity contribution in [3.8, 4) is 11.8 Å². The maximum atomic E-state index is 8.97. The molecule has 4 heteroatoms. The summed E-state index contributed by atoms with van der Waals surface area (Å²) >= 11 is 0. The van der Waals surface area contributed by atoms with Crippen molar-refractivity contribution >= 4 is 0 Å². The van der Waals surface area contributed by atoms with Gasteiger partial charge in [0.1, 0.15) is 11.8 Å². The fraction of sp³-hybridized carbons (Fsp3) is 0.312. The van der Waals surface area contributed by atoms with Crippen LogP contribution in [0.4, 0.5) is 0 Å². The Labute approximate surface area is 119 Å². The van der Waals surface area contributed by atoms with Crippen LogP contribution in [0.25, 0.3) is 0 Å². The summed E-state index contributed by atoms with van der Waals surface area (Å²) in [5.41, 5.74) is 8.81. The summed E-state index contributed by atoms with van der Waals surface area (Å²) in [6.07, 6.45) is 5.02. The lowest BCUT2D eigenvalue weighted by Gasteiger charge is -2.08. The predicted octanol–water partition coefficient (Wildman–Crippen LogP) is 2.83. The van der Waals surface area contributed by atoms with E-state index in [2.05, 4.69) is 29.8 Å². The quantitative estimate of drug-likeness (QED) is 0.907. The minimum absolute atomic E-state index is 0.0896. The summed E-state index contributed by atoms with van der Waals surface area (Å²) in [6, 6.07) is 9.89. The van der Waals surface area contributed by atoms with E-state index in [1.165, 1.54) is 0 Å². The number of rotatable bonds is 5. The van der Waals surface area contributed by atoms with Crippen molar-refractivity contribution in [3.63, 3.8) is 0 Å². The van der Waals surface area contributed by atoms with Gasteiger partial charge in [-0.2, -0.15) is 5.26 Å². The van der Waals surface area contributed by atoms with Crippen LogP contribution in [0.3, 0.4) is 0 Å². The van der Waals surface area contributed by atoms with E-state index in [1.54, 1.807) is 13.2 Å². The highest BCUT2D eigenvalue weighted by Crippen LogP contribution is 2.21. The van der Waals surface area contributed by atoms with Crippen molar-refractivity contribution in [3.05, 3.63) is 53.3 Å². The highest BCUT2D eigenvalue weighted by Gasteiger charge is 2.07. The molecule has 0 saturated heterocycles. The largest absolute Gasteiger partial charge is 0.495 e. The van der Waals surface area contributed by atoms with Gasteiger partial charge in [0, 0.05) is 25.0 Å². The number of nitrogens with two attached hydrogens (primary N) is 1. The zero-order valence-corrected chi connectivity index (χ0v) is 11.8. The topological polar surface area (TPSA) is 64.0 Å². The predicted molar refractivity (Wildman–Crippen MR) is 78.5 cm³/mol. The first-order chi connectivity index (χ1) is 9.67. The Hall–Kier alpha value is -2.25. The van der Waals surface area contributed by atoms with Crippen LogP contribution in [0, 0.1) is 11.3 Å². The molecule has 2 aromatic rings. The number of nitrogens with zero attached hydrogens (tertiary/aromatic N) is 2. The van der Waals surface area contributed by atoms with Crippen LogP contribution in [0.15, 0.2) is 36.7 Å². The van der Waals surface area contributed by atoms with Gasteiger partial charge in [0.2, 0.25) is 0 Å². The van der Waals surface area contributed by atoms with Gasteiger partial charge in [-0.15, -0.1) is 0 Å². The molecule has 1 heterocycles. The third kappa shape index (κ3) is 3.01. The second-order valence-corrected chi connectivity index (χ2v) is 4.78. The van der Waals surface area contributed by atoms with Crippen LogP contribution in [-0.4, -0.2) is 11.7 Å². The lowest BCUT2D eigenvalue weighted by atomic mass is 10.1. The fourth-order valence-electron chi connectivity index (χ4n) is 2.15. The summed E-state index contributed by atoms with van der Waals surface area (Å²) < 4.78 is 7.31. The molecule has 0 radical (unpaired) electrons. The Morgan fingerprint density at radius 3 is 2.85 bits per heavy atom. The van der Waals surface area contributed by atoms with Crippen LogP contribution in [0.1, 0.15) is 36.1 Å². The van der Waals surface area contributed by atoms with Crippen LogP contribution < -0.4 is 10.5 Å². The number of hydrogen-bond donors (Lipinski definition) is 1. The van der Waals surface area contributed by atoms with Crippen molar-refractivity contribution in [2.75, 3.05) is 7.11 Å². The second-order valence-electron chi connectivity index (χ2n) is 4.78. The molecule has 0 aliphatic heterocycles. The molecule has 2 N–H and O–H groups in total. The average molecular weight is 269 g/mol. The molecular weight excluding hydrogens is 250 g/mol. The van der Waals surface area contributed by atoms with E-state index in [1.807, 2.05) is 18.3 Å². The SMILES string of the molecule is CCC(N)c1ccn(Cc2ccc(C#N)c(OC)c2)c1. The molecule has 2 rings (SSSR count). The van der Waals surface area contributed by atoms with Crippen LogP contribution in [0.2, 0.25) is 0 Å². The van der Waals surface area contributed by atoms with Crippen molar-refractivity contribution in [1.82, 2.24) is 4.57 Å². The van der Waals surface area contributed by atoms with Crippen LogP contribution in [-0.2, 0) is 6.54 Å². The van der Waals surface area contributed by atoms with E-state index in [0.717, 1.165) is 24.1 Å². The molecule has 0 saturated carbocycles. The molecule has 1 unspecified atom stereocenters. The van der Waals surface area contributed by atoms with Crippen molar-refractivity contribution in [2.45, 2.75) is 25.9 Å². The van der Waals surface area contributed by atoms with Crippen LogP contribution >= 0.6 is 0 Å². The first-order valence-electron chi connectivity index (χ1n) is 6.66. The van der Waals surface area contributed by atoms with E-state index < -0.39 is 0 Å². The summed E-state index contributed by atoms with van der Waals surface area (Å²) in [7, 11) is 1.58. The van der Waals surface area contributed by atoms with E-state index in [4.69, 9.17) is 15.7 Å². The Morgan fingerprint density at radius 2 is 2.20 bits per heavy atom. The smallest absolute Gasteiger partial charge is 0.136 e. The summed E-state index contributed by atoms with van der Waals surface area (Å²) in [5, 5.41) is 8.97. The summed E-state index contributed by atoms with van der Waals surface area (Å²) in [4.78, 5) is 0. The van der Waals surface area contributed by atoms with Gasteiger partial charge in [0.15, 0.2) is 0 Å². The molecule has 1 atom stereocenters. The standard InChI is InChI=1S/C16H19N3O/c1-3-15(18)14-6-7-19(11-14)10-12-4-5-13(9-17)16(8-12)20-2/h4-8,11,15H,3,10,18H2,1-2H3. The Bertz CT molecular complexity index is 625. The Morgan fingerprint density at radius 1 is 1.40 bits per heavy atom. The van der Waals surface area contributed by atoms with Gasteiger partial charge in [0.25, 0.3) is 0 Å². The maximum absolute atomic E-state index is 8.97. The first kappa shape index (κ1) is 14.2. The first-order valence-corrected chi connectivity index (χ1v) is 6.66. The van der Waals surface area contributed by atoms with Gasteiger partial charge < -0.3 is 15.0 Å². The molecule has 1 aromatic carbocycles. The van der Waals surface area contributed by atoms with Crippen molar-refractivity contribution < 1.29 is 4.74 Å². The summed E-state index contributed by atoms with van der Waals surface area (Å²) in [6.45, 7) is 2.81. The van der Waals surface area contributed by atoms with E-state index in [9.17, 15) is 0 Å². The van der Waals surface area contributed by atoms with Gasteiger partial charge in [0.05, 0.1) is 12.7 Å². The van der Waals surface area contributed by atoms with E-state index >= 15 is 0 Å².